The second-order valence-electron chi connectivity index (χ2n) is 18.8. The molecule has 322 valence electrons. The van der Waals surface area contributed by atoms with Gasteiger partial charge in [0.25, 0.3) is 17.5 Å². The molecule has 4 saturated carbocycles. The Bertz CT molecular complexity index is 2250. The Morgan fingerprint density at radius 1 is 1.05 bits per heavy atom. The predicted octanol–water partition coefficient (Wildman–Crippen LogP) is 4.28. The highest BCUT2D eigenvalue weighted by Crippen LogP contribution is 2.58. The summed E-state index contributed by atoms with van der Waals surface area (Å²) in [4.78, 5) is 76.1. The van der Waals surface area contributed by atoms with E-state index in [1.54, 1.807) is 32.9 Å². The minimum atomic E-state index is -4.26. The number of halogens is 3. The van der Waals surface area contributed by atoms with Crippen LogP contribution in [-0.2, 0) is 35.7 Å². The van der Waals surface area contributed by atoms with Crippen LogP contribution in [0.25, 0.3) is 10.9 Å². The summed E-state index contributed by atoms with van der Waals surface area (Å²) >= 11 is 6.28. The fourth-order valence-corrected chi connectivity index (χ4v) is 10.9. The van der Waals surface area contributed by atoms with Gasteiger partial charge in [-0.05, 0) is 93.2 Å². The molecule has 6 aliphatic rings. The molecule has 1 aromatic carbocycles. The maximum Gasteiger partial charge on any atom is 0.408 e. The van der Waals surface area contributed by atoms with E-state index in [9.17, 15) is 41.2 Å². The molecule has 1 aromatic heterocycles. The van der Waals surface area contributed by atoms with E-state index in [-0.39, 0.29) is 61.5 Å². The van der Waals surface area contributed by atoms with Crippen LogP contribution in [0.2, 0.25) is 5.02 Å². The SMILES string of the molecule is CC(C)(C)C1NC(=O)OC2CC3CC3C2CCCCCn2c(nc3cc(Cl)ccc3c2=O)OC2CC(C(=O)NC3(C(=O)NS(=O)(=O)C4(C)CC4)CC3C(F)F)N(C2)C1=O. The van der Waals surface area contributed by atoms with Gasteiger partial charge in [-0.15, -0.1) is 0 Å². The van der Waals surface area contributed by atoms with Crippen LogP contribution in [0, 0.1) is 29.1 Å². The lowest BCUT2D eigenvalue weighted by molar-refractivity contribution is -0.143. The van der Waals surface area contributed by atoms with Gasteiger partial charge in [0.05, 0.1) is 28.1 Å². The normalized spacial score (nSPS) is 33.0. The molecule has 1 saturated heterocycles. The summed E-state index contributed by atoms with van der Waals surface area (Å²) in [6.07, 6.45) is -0.552. The topological polar surface area (TPSA) is 195 Å². The Balaban J connectivity index is 1.14. The van der Waals surface area contributed by atoms with E-state index in [1.165, 1.54) is 22.5 Å². The smallest absolute Gasteiger partial charge is 0.408 e. The highest BCUT2D eigenvalue weighted by Gasteiger charge is 2.67. The molecule has 9 atom stereocenters. The molecule has 4 amide bonds. The number of alkyl halides is 2. The zero-order valence-corrected chi connectivity index (χ0v) is 35.0. The van der Waals surface area contributed by atoms with E-state index >= 15 is 0 Å². The standard InChI is InChI=1S/C40H51ClF2N6O9S/c1-38(2,3)30-34(52)49-19-22(17-28(49)32(50)46-40(18-26(40)31(42)43)35(53)47-59(55,56)39(4)11-12-39)57-36-44-27-16-21(41)9-10-24(27)33(51)48(36)13-7-5-6-8-23-25-14-20(25)15-29(23)58-37(54)45-30/h9-10,16,20,22-23,25-26,28-31H,5-8,11-15,17-19H2,1-4H3,(H,45,54)(H,46,50)(H,47,53). The van der Waals surface area contributed by atoms with Gasteiger partial charge >= 0.3 is 6.09 Å². The summed E-state index contributed by atoms with van der Waals surface area (Å²) in [6.45, 7) is 6.61. The summed E-state index contributed by atoms with van der Waals surface area (Å²) in [5.74, 6) is -3.59. The summed E-state index contributed by atoms with van der Waals surface area (Å²) in [6, 6.07) is 1.95. The lowest BCUT2D eigenvalue weighted by atomic mass is 9.85. The van der Waals surface area contributed by atoms with E-state index in [4.69, 9.17) is 21.1 Å². The molecule has 4 aliphatic carbocycles. The molecule has 8 rings (SSSR count). The van der Waals surface area contributed by atoms with E-state index < -0.39 is 86.5 Å². The van der Waals surface area contributed by atoms with Crippen LogP contribution in [0.1, 0.15) is 91.9 Å². The van der Waals surface area contributed by atoms with Crippen LogP contribution < -0.4 is 25.7 Å². The number of nitrogens with zero attached hydrogens (tertiary/aromatic N) is 3. The summed E-state index contributed by atoms with van der Waals surface area (Å²) in [7, 11) is -4.26. The van der Waals surface area contributed by atoms with Gasteiger partial charge in [0.15, 0.2) is 0 Å². The number of aromatic nitrogens is 2. The molecular formula is C40H51ClF2N6O9S. The highest BCUT2D eigenvalue weighted by atomic mass is 35.5. The van der Waals surface area contributed by atoms with Gasteiger partial charge in [0.1, 0.15) is 29.8 Å². The van der Waals surface area contributed by atoms with Crippen molar-refractivity contribution in [3.8, 4) is 6.01 Å². The van der Waals surface area contributed by atoms with Crippen LogP contribution >= 0.6 is 11.6 Å². The number of ether oxygens (including phenoxy) is 2. The first kappa shape index (κ1) is 41.7. The molecule has 0 spiro atoms. The van der Waals surface area contributed by atoms with Crippen molar-refractivity contribution in [2.75, 3.05) is 6.54 Å². The van der Waals surface area contributed by atoms with Gasteiger partial charge in [0, 0.05) is 18.0 Å². The quantitative estimate of drug-likeness (QED) is 0.378. The number of sulfonamides is 1. The Morgan fingerprint density at radius 3 is 2.47 bits per heavy atom. The first-order chi connectivity index (χ1) is 27.7. The number of benzene rings is 1. The number of fused-ring (bicyclic) bond motifs is 7. The summed E-state index contributed by atoms with van der Waals surface area (Å²) < 4.78 is 69.1. The van der Waals surface area contributed by atoms with Gasteiger partial charge in [-0.2, -0.15) is 4.98 Å². The zero-order chi connectivity index (χ0) is 42.4. The van der Waals surface area contributed by atoms with Gasteiger partial charge in [-0.25, -0.2) is 22.0 Å². The molecule has 5 fully saturated rings. The molecule has 2 bridgehead atoms. The fraction of sp³-hybridized carbons (Fsp3) is 0.700. The predicted molar refractivity (Wildman–Crippen MR) is 210 cm³/mol. The first-order valence-corrected chi connectivity index (χ1v) is 22.4. The molecule has 9 unspecified atom stereocenters. The Labute approximate surface area is 345 Å². The van der Waals surface area contributed by atoms with Gasteiger partial charge in [0.2, 0.25) is 28.3 Å². The molecular weight excluding hydrogens is 814 g/mol. The number of rotatable bonds is 6. The third-order valence-electron chi connectivity index (χ3n) is 13.5. The minimum Gasteiger partial charge on any atom is -0.459 e. The average Bonchev–Trinajstić information content (AvgIpc) is 4.11. The van der Waals surface area contributed by atoms with Crippen molar-refractivity contribution in [2.45, 2.75) is 139 Å². The fourth-order valence-electron chi connectivity index (χ4n) is 9.40. The summed E-state index contributed by atoms with van der Waals surface area (Å²) in [5, 5.41) is 5.85. The number of carbonyl (C=O) groups excluding carboxylic acids is 4. The Hall–Kier alpha value is -4.06. The molecule has 2 aliphatic heterocycles. The third-order valence-corrected chi connectivity index (χ3v) is 15.9. The van der Waals surface area contributed by atoms with Crippen molar-refractivity contribution in [3.05, 3.63) is 33.6 Å². The van der Waals surface area contributed by atoms with E-state index in [1.807, 2.05) is 4.72 Å². The van der Waals surface area contributed by atoms with E-state index in [2.05, 4.69) is 15.6 Å². The number of carbonyl (C=O) groups is 4. The van der Waals surface area contributed by atoms with Gasteiger partial charge in [-0.3, -0.25) is 28.5 Å². The van der Waals surface area contributed by atoms with Crippen molar-refractivity contribution < 1.29 is 45.9 Å². The van der Waals surface area contributed by atoms with E-state index in [0.717, 1.165) is 32.1 Å². The van der Waals surface area contributed by atoms with Crippen LogP contribution in [-0.4, -0.2) is 94.2 Å². The first-order valence-electron chi connectivity index (χ1n) is 20.5. The summed E-state index contributed by atoms with van der Waals surface area (Å²) in [5.41, 5.74) is -3.30. The molecule has 59 heavy (non-hydrogen) atoms. The number of amides is 4. The molecule has 3 N–H and O–H groups in total. The Kier molecular flexibility index (Phi) is 10.5. The second kappa shape index (κ2) is 14.8. The number of nitrogens with one attached hydrogen (secondary N) is 3. The second-order valence-corrected chi connectivity index (χ2v) is 21.4. The third kappa shape index (κ3) is 7.87. The lowest BCUT2D eigenvalue weighted by Crippen LogP contribution is -2.60. The molecule has 2 aromatic rings. The molecule has 19 heteroatoms. The Morgan fingerprint density at radius 2 is 1.80 bits per heavy atom. The number of alkyl carbamates (subject to hydrolysis) is 1. The minimum absolute atomic E-state index is 0.0651. The van der Waals surface area contributed by atoms with Crippen molar-refractivity contribution in [1.29, 1.82) is 0 Å². The average molecular weight is 865 g/mol. The van der Waals surface area contributed by atoms with Gasteiger partial charge in [-0.1, -0.05) is 45.2 Å². The molecule has 3 heterocycles. The van der Waals surface area contributed by atoms with Crippen molar-refractivity contribution in [1.82, 2.24) is 29.8 Å². The zero-order valence-electron chi connectivity index (χ0n) is 33.5. The van der Waals surface area contributed by atoms with Crippen LogP contribution in [0.15, 0.2) is 23.0 Å². The van der Waals surface area contributed by atoms with Crippen molar-refractivity contribution in [3.63, 3.8) is 0 Å². The van der Waals surface area contributed by atoms with Crippen LogP contribution in [0.5, 0.6) is 6.01 Å². The maximum absolute atomic E-state index is 14.8. The van der Waals surface area contributed by atoms with Crippen molar-refractivity contribution in [2.24, 2.45) is 29.1 Å². The number of hydrogen-bond donors (Lipinski definition) is 3. The highest BCUT2D eigenvalue weighted by molar-refractivity contribution is 7.91. The molecule has 0 radical (unpaired) electrons. The number of hydrogen-bond acceptors (Lipinski definition) is 10. The lowest BCUT2D eigenvalue weighted by Gasteiger charge is -2.36. The monoisotopic (exact) mass is 864 g/mol. The molecule has 15 nitrogen and oxygen atoms in total. The van der Waals surface area contributed by atoms with E-state index in [0.29, 0.717) is 28.7 Å². The van der Waals surface area contributed by atoms with Crippen LogP contribution in [0.3, 0.4) is 0 Å². The largest absolute Gasteiger partial charge is 0.459 e. The maximum atomic E-state index is 14.8. The van der Waals surface area contributed by atoms with Gasteiger partial charge < -0.3 is 25.0 Å². The van der Waals surface area contributed by atoms with Crippen molar-refractivity contribution >= 4 is 56.3 Å². The van der Waals surface area contributed by atoms with Crippen LogP contribution in [0.4, 0.5) is 13.6 Å².